The fraction of sp³-hybridized carbons (Fsp3) is 0.0435. The van der Waals surface area contributed by atoms with Gasteiger partial charge in [0.1, 0.15) is 11.4 Å². The van der Waals surface area contributed by atoms with E-state index >= 15 is 0 Å². The zero-order valence-electron chi connectivity index (χ0n) is 18.6. The van der Waals surface area contributed by atoms with E-state index in [2.05, 4.69) is 35.1 Å². The van der Waals surface area contributed by atoms with Crippen molar-refractivity contribution in [3.8, 4) is 0 Å². The zero-order chi connectivity index (χ0) is 24.8. The van der Waals surface area contributed by atoms with Gasteiger partial charge in [0.2, 0.25) is 5.95 Å². The molecule has 0 bridgehead atoms. The summed E-state index contributed by atoms with van der Waals surface area (Å²) in [7, 11) is -3.86. The average molecular weight is 488 g/mol. The SMILES string of the molecule is Cc1ccnc(NS(=O)(=O)c2ccc(N=Nc3cc(N=Nc4ccccc4)c(N)cc3N)cc2)n1. The Labute approximate surface area is 201 Å². The number of nitrogens with one attached hydrogen (secondary N) is 1. The standard InChI is InChI=1S/C23H21N9O2S/c1-15-11-12-26-23(27-15)32-35(33,34)18-9-7-17(8-10-18)29-31-22-14-21(19(24)13-20(22)25)30-28-16-5-3-2-4-6-16/h2-14H,24-25H2,1H3,(H,26,27,32). The molecule has 0 atom stereocenters. The van der Waals surface area contributed by atoms with Gasteiger partial charge in [-0.3, -0.25) is 0 Å². The molecule has 0 saturated carbocycles. The van der Waals surface area contributed by atoms with Crippen molar-refractivity contribution in [1.82, 2.24) is 9.97 Å². The van der Waals surface area contributed by atoms with Crippen LogP contribution in [0.4, 0.5) is 40.1 Å². The van der Waals surface area contributed by atoms with Crippen LogP contribution >= 0.6 is 0 Å². The Bertz CT molecular complexity index is 1500. The molecule has 0 aliphatic carbocycles. The number of nitrogens with zero attached hydrogens (tertiary/aromatic N) is 6. The van der Waals surface area contributed by atoms with Gasteiger partial charge in [0.25, 0.3) is 10.0 Å². The van der Waals surface area contributed by atoms with E-state index < -0.39 is 10.0 Å². The van der Waals surface area contributed by atoms with E-state index in [0.717, 1.165) is 0 Å². The minimum absolute atomic E-state index is 0.00666. The first kappa shape index (κ1) is 23.4. The Kier molecular flexibility index (Phi) is 6.73. The molecule has 12 heteroatoms. The van der Waals surface area contributed by atoms with Crippen LogP contribution in [-0.4, -0.2) is 18.4 Å². The molecule has 4 aromatic rings. The lowest BCUT2D eigenvalue weighted by atomic mass is 10.2. The number of anilines is 3. The van der Waals surface area contributed by atoms with E-state index in [1.807, 2.05) is 30.3 Å². The van der Waals surface area contributed by atoms with Crippen molar-refractivity contribution in [2.45, 2.75) is 11.8 Å². The summed E-state index contributed by atoms with van der Waals surface area (Å²) in [6.45, 7) is 1.74. The number of nitrogens with two attached hydrogens (primary N) is 2. The van der Waals surface area contributed by atoms with Crippen LogP contribution in [0, 0.1) is 6.92 Å². The Morgan fingerprint density at radius 2 is 1.37 bits per heavy atom. The van der Waals surface area contributed by atoms with Gasteiger partial charge < -0.3 is 11.5 Å². The quantitative estimate of drug-likeness (QED) is 0.226. The van der Waals surface area contributed by atoms with E-state index in [0.29, 0.717) is 39.8 Å². The monoisotopic (exact) mass is 487 g/mol. The van der Waals surface area contributed by atoms with E-state index in [1.165, 1.54) is 36.5 Å². The van der Waals surface area contributed by atoms with Crippen molar-refractivity contribution in [2.75, 3.05) is 16.2 Å². The highest BCUT2D eigenvalue weighted by Gasteiger charge is 2.15. The van der Waals surface area contributed by atoms with Crippen LogP contribution in [0.3, 0.4) is 0 Å². The number of hydrogen-bond acceptors (Lipinski definition) is 10. The Morgan fingerprint density at radius 3 is 1.97 bits per heavy atom. The summed E-state index contributed by atoms with van der Waals surface area (Å²) in [6.07, 6.45) is 1.47. The van der Waals surface area contributed by atoms with Crippen LogP contribution in [0.5, 0.6) is 0 Å². The van der Waals surface area contributed by atoms with Crippen LogP contribution in [0.25, 0.3) is 0 Å². The summed E-state index contributed by atoms with van der Waals surface area (Å²) in [5.41, 5.74) is 15.1. The molecule has 0 aliphatic heterocycles. The van der Waals surface area contributed by atoms with Gasteiger partial charge >= 0.3 is 0 Å². The van der Waals surface area contributed by atoms with Gasteiger partial charge in [-0.15, -0.1) is 10.2 Å². The first-order valence-corrected chi connectivity index (χ1v) is 11.8. The predicted molar refractivity (Wildman–Crippen MR) is 134 cm³/mol. The molecule has 0 radical (unpaired) electrons. The maximum absolute atomic E-state index is 12.6. The molecule has 4 rings (SSSR count). The third-order valence-electron chi connectivity index (χ3n) is 4.65. The largest absolute Gasteiger partial charge is 0.397 e. The molecule has 176 valence electrons. The van der Waals surface area contributed by atoms with Crippen molar-refractivity contribution in [3.63, 3.8) is 0 Å². The summed E-state index contributed by atoms with van der Waals surface area (Å²) in [4.78, 5) is 7.98. The average Bonchev–Trinajstić information content (AvgIpc) is 2.83. The van der Waals surface area contributed by atoms with Gasteiger partial charge in [-0.25, -0.2) is 23.1 Å². The van der Waals surface area contributed by atoms with Gasteiger partial charge in [-0.05, 0) is 61.5 Å². The van der Waals surface area contributed by atoms with Crippen LogP contribution in [0.1, 0.15) is 5.69 Å². The van der Waals surface area contributed by atoms with E-state index in [-0.39, 0.29) is 10.8 Å². The molecule has 11 nitrogen and oxygen atoms in total. The molecule has 0 saturated heterocycles. The number of rotatable bonds is 7. The third kappa shape index (κ3) is 6.00. The maximum Gasteiger partial charge on any atom is 0.264 e. The van der Waals surface area contributed by atoms with Crippen LogP contribution < -0.4 is 16.2 Å². The van der Waals surface area contributed by atoms with Gasteiger partial charge in [0.15, 0.2) is 0 Å². The number of benzene rings is 3. The summed E-state index contributed by atoms with van der Waals surface area (Å²) in [6, 6.07) is 19.8. The highest BCUT2D eigenvalue weighted by Crippen LogP contribution is 2.35. The molecular formula is C23H21N9O2S. The number of sulfonamides is 1. The lowest BCUT2D eigenvalue weighted by Gasteiger charge is -2.07. The topological polar surface area (TPSA) is 173 Å². The molecule has 35 heavy (non-hydrogen) atoms. The number of azo groups is 2. The zero-order valence-corrected chi connectivity index (χ0v) is 19.4. The summed E-state index contributed by atoms with van der Waals surface area (Å²) >= 11 is 0. The Morgan fingerprint density at radius 1 is 0.771 bits per heavy atom. The molecule has 1 aromatic heterocycles. The van der Waals surface area contributed by atoms with Crippen molar-refractivity contribution in [3.05, 3.63) is 84.7 Å². The van der Waals surface area contributed by atoms with Crippen LogP contribution in [0.2, 0.25) is 0 Å². The van der Waals surface area contributed by atoms with Crippen molar-refractivity contribution in [2.24, 2.45) is 20.5 Å². The summed E-state index contributed by atoms with van der Waals surface area (Å²) in [5, 5.41) is 16.6. The maximum atomic E-state index is 12.6. The molecule has 0 spiro atoms. The highest BCUT2D eigenvalue weighted by atomic mass is 32.2. The predicted octanol–water partition coefficient (Wildman–Crippen LogP) is 5.58. The van der Waals surface area contributed by atoms with Gasteiger partial charge in [0, 0.05) is 11.9 Å². The number of hydrogen-bond donors (Lipinski definition) is 3. The van der Waals surface area contributed by atoms with Crippen molar-refractivity contribution in [1.29, 1.82) is 0 Å². The number of nitrogen functional groups attached to an aromatic ring is 2. The minimum Gasteiger partial charge on any atom is -0.397 e. The van der Waals surface area contributed by atoms with Gasteiger partial charge in [0.05, 0.1) is 27.6 Å². The summed E-state index contributed by atoms with van der Waals surface area (Å²) < 4.78 is 27.5. The van der Waals surface area contributed by atoms with Crippen molar-refractivity contribution < 1.29 is 8.42 Å². The summed E-state index contributed by atoms with van der Waals surface area (Å²) in [5.74, 6) is -0.00666. The van der Waals surface area contributed by atoms with Crippen molar-refractivity contribution >= 4 is 50.1 Å². The van der Waals surface area contributed by atoms with E-state index in [1.54, 1.807) is 19.1 Å². The first-order chi connectivity index (χ1) is 16.8. The molecule has 3 aromatic carbocycles. The van der Waals surface area contributed by atoms with Crippen LogP contribution in [0.15, 0.2) is 104 Å². The second kappa shape index (κ2) is 10.1. The molecule has 0 unspecified atom stereocenters. The first-order valence-electron chi connectivity index (χ1n) is 10.3. The fourth-order valence-electron chi connectivity index (χ4n) is 2.87. The second-order valence-electron chi connectivity index (χ2n) is 7.33. The van der Waals surface area contributed by atoms with Crippen LogP contribution in [-0.2, 0) is 10.0 Å². The lowest BCUT2D eigenvalue weighted by Crippen LogP contribution is -2.15. The molecule has 0 amide bonds. The fourth-order valence-corrected chi connectivity index (χ4v) is 3.82. The highest BCUT2D eigenvalue weighted by molar-refractivity contribution is 7.92. The Hall–Kier alpha value is -4.71. The normalized spacial score (nSPS) is 11.8. The second-order valence-corrected chi connectivity index (χ2v) is 9.01. The van der Waals surface area contributed by atoms with Gasteiger partial charge in [-0.2, -0.15) is 10.2 Å². The Balaban J connectivity index is 1.51. The molecule has 0 fully saturated rings. The third-order valence-corrected chi connectivity index (χ3v) is 5.99. The number of aryl methyl sites for hydroxylation is 1. The lowest BCUT2D eigenvalue weighted by molar-refractivity contribution is 0.601. The molecule has 0 aliphatic rings. The van der Waals surface area contributed by atoms with E-state index in [9.17, 15) is 8.42 Å². The molecule has 1 heterocycles. The molecular weight excluding hydrogens is 466 g/mol. The van der Waals surface area contributed by atoms with Gasteiger partial charge in [-0.1, -0.05) is 18.2 Å². The minimum atomic E-state index is -3.86. The molecule has 5 N–H and O–H groups in total. The number of aromatic nitrogens is 2. The van der Waals surface area contributed by atoms with E-state index in [4.69, 9.17) is 11.5 Å². The smallest absolute Gasteiger partial charge is 0.264 e.